The van der Waals surface area contributed by atoms with Crippen molar-refractivity contribution in [1.29, 1.82) is 0 Å². The van der Waals surface area contributed by atoms with Gasteiger partial charge in [-0.15, -0.1) is 0 Å². The number of pyridine rings is 2. The zero-order valence-corrected chi connectivity index (χ0v) is 18.2. The molecule has 0 radical (unpaired) electrons. The summed E-state index contributed by atoms with van der Waals surface area (Å²) >= 11 is 12.4. The van der Waals surface area contributed by atoms with E-state index in [1.54, 1.807) is 0 Å². The SMILES string of the molecule is CN(CCN)CCN(c1ccnc2cc(Cl)ccc12)c1ccnc2cc(Cl)ccc12. The molecule has 0 spiro atoms. The molecule has 0 aliphatic carbocycles. The van der Waals surface area contributed by atoms with Gasteiger partial charge in [-0.25, -0.2) is 0 Å². The van der Waals surface area contributed by atoms with Crippen molar-refractivity contribution < 1.29 is 0 Å². The Kier molecular flexibility index (Phi) is 6.35. The quantitative estimate of drug-likeness (QED) is 0.432. The monoisotopic (exact) mass is 439 g/mol. The Labute approximate surface area is 186 Å². The van der Waals surface area contributed by atoms with Crippen molar-refractivity contribution >= 4 is 56.4 Å². The third kappa shape index (κ3) is 4.35. The molecule has 0 aliphatic rings. The summed E-state index contributed by atoms with van der Waals surface area (Å²) in [5, 5.41) is 3.43. The van der Waals surface area contributed by atoms with Crippen LogP contribution in [0.5, 0.6) is 0 Å². The number of aromatic nitrogens is 2. The van der Waals surface area contributed by atoms with E-state index in [9.17, 15) is 0 Å². The lowest BCUT2D eigenvalue weighted by molar-refractivity contribution is 0.352. The second-order valence-corrected chi connectivity index (χ2v) is 8.10. The molecular formula is C23H23Cl2N5. The standard InChI is InChI=1S/C23H23Cl2N5/c1-29(11-8-26)12-13-30(22-6-9-27-20-14-16(24)2-4-18(20)22)23-7-10-28-21-15-17(25)3-5-19(21)23/h2-7,9-10,14-15H,8,11-13,26H2,1H3. The molecule has 0 atom stereocenters. The topological polar surface area (TPSA) is 58.3 Å². The lowest BCUT2D eigenvalue weighted by Crippen LogP contribution is -2.33. The van der Waals surface area contributed by atoms with Crippen molar-refractivity contribution in [2.24, 2.45) is 5.73 Å². The summed E-state index contributed by atoms with van der Waals surface area (Å²) in [4.78, 5) is 13.6. The van der Waals surface area contributed by atoms with Crippen LogP contribution in [0.25, 0.3) is 21.8 Å². The van der Waals surface area contributed by atoms with Crippen LogP contribution in [0, 0.1) is 0 Å². The van der Waals surface area contributed by atoms with E-state index >= 15 is 0 Å². The van der Waals surface area contributed by atoms with Gasteiger partial charge in [-0.1, -0.05) is 23.2 Å². The molecule has 7 heteroatoms. The highest BCUT2D eigenvalue weighted by Crippen LogP contribution is 2.36. The van der Waals surface area contributed by atoms with Gasteiger partial charge in [-0.3, -0.25) is 9.97 Å². The lowest BCUT2D eigenvalue weighted by Gasteiger charge is -2.29. The maximum absolute atomic E-state index is 6.21. The Balaban J connectivity index is 1.86. The number of nitrogens with two attached hydrogens (primary N) is 1. The summed E-state index contributed by atoms with van der Waals surface area (Å²) in [6.45, 7) is 3.10. The highest BCUT2D eigenvalue weighted by molar-refractivity contribution is 6.31. The van der Waals surface area contributed by atoms with E-state index in [4.69, 9.17) is 28.9 Å². The average Bonchev–Trinajstić information content (AvgIpc) is 2.73. The molecule has 0 saturated heterocycles. The molecule has 2 heterocycles. The zero-order valence-electron chi connectivity index (χ0n) is 16.7. The molecule has 30 heavy (non-hydrogen) atoms. The number of hydrogen-bond acceptors (Lipinski definition) is 5. The van der Waals surface area contributed by atoms with E-state index in [2.05, 4.69) is 26.8 Å². The van der Waals surface area contributed by atoms with Gasteiger partial charge in [0.1, 0.15) is 0 Å². The number of anilines is 2. The summed E-state index contributed by atoms with van der Waals surface area (Å²) in [5.74, 6) is 0. The minimum atomic E-state index is 0.629. The van der Waals surface area contributed by atoms with Crippen LogP contribution >= 0.6 is 23.2 Å². The third-order valence-electron chi connectivity index (χ3n) is 5.16. The fraction of sp³-hybridized carbons (Fsp3) is 0.217. The van der Waals surface area contributed by atoms with Gasteiger partial charge in [0.25, 0.3) is 0 Å². The highest BCUT2D eigenvalue weighted by Gasteiger charge is 2.17. The highest BCUT2D eigenvalue weighted by atomic mass is 35.5. The minimum absolute atomic E-state index is 0.629. The molecule has 2 aromatic carbocycles. The predicted octanol–water partition coefficient (Wildman–Crippen LogP) is 5.12. The Morgan fingerprint density at radius 1 is 0.767 bits per heavy atom. The predicted molar refractivity (Wildman–Crippen MR) is 127 cm³/mol. The second kappa shape index (κ2) is 9.14. The van der Waals surface area contributed by atoms with E-state index in [0.29, 0.717) is 16.6 Å². The molecule has 0 fully saturated rings. The largest absolute Gasteiger partial charge is 0.339 e. The van der Waals surface area contributed by atoms with Crippen LogP contribution in [0.4, 0.5) is 11.4 Å². The number of rotatable bonds is 7. The molecule has 2 aromatic heterocycles. The smallest absolute Gasteiger partial charge is 0.0737 e. The van der Waals surface area contributed by atoms with Crippen LogP contribution in [-0.2, 0) is 0 Å². The average molecular weight is 440 g/mol. The van der Waals surface area contributed by atoms with E-state index in [-0.39, 0.29) is 0 Å². The van der Waals surface area contributed by atoms with Crippen molar-refractivity contribution in [3.63, 3.8) is 0 Å². The molecule has 5 nitrogen and oxygen atoms in total. The molecule has 4 rings (SSSR count). The number of likely N-dealkylation sites (N-methyl/N-ethyl adjacent to an activating group) is 1. The molecule has 0 amide bonds. The number of benzene rings is 2. The number of halogens is 2. The van der Waals surface area contributed by atoms with Gasteiger partial charge >= 0.3 is 0 Å². The summed E-state index contributed by atoms with van der Waals surface area (Å²) < 4.78 is 0. The molecule has 0 bridgehead atoms. The summed E-state index contributed by atoms with van der Waals surface area (Å²) in [7, 11) is 2.08. The van der Waals surface area contributed by atoms with Gasteiger partial charge in [0.2, 0.25) is 0 Å². The van der Waals surface area contributed by atoms with Crippen LogP contribution in [-0.4, -0.2) is 48.1 Å². The normalized spacial score (nSPS) is 11.5. The van der Waals surface area contributed by atoms with Crippen LogP contribution in [0.3, 0.4) is 0 Å². The lowest BCUT2D eigenvalue weighted by atomic mass is 10.1. The van der Waals surface area contributed by atoms with E-state index in [1.165, 1.54) is 0 Å². The molecule has 0 aliphatic heterocycles. The first-order chi connectivity index (χ1) is 14.6. The van der Waals surface area contributed by atoms with Crippen LogP contribution < -0.4 is 10.6 Å². The Morgan fingerprint density at radius 2 is 1.30 bits per heavy atom. The van der Waals surface area contributed by atoms with Gasteiger partial charge in [-0.2, -0.15) is 0 Å². The summed E-state index contributed by atoms with van der Waals surface area (Å²) in [6, 6.07) is 15.7. The fourth-order valence-electron chi connectivity index (χ4n) is 3.66. The minimum Gasteiger partial charge on any atom is -0.339 e. The van der Waals surface area contributed by atoms with Crippen molar-refractivity contribution in [3.8, 4) is 0 Å². The maximum Gasteiger partial charge on any atom is 0.0737 e. The first kappa shape index (κ1) is 20.8. The van der Waals surface area contributed by atoms with Crippen LogP contribution in [0.15, 0.2) is 60.9 Å². The Hall–Kier alpha value is -2.44. The van der Waals surface area contributed by atoms with Crippen molar-refractivity contribution in [1.82, 2.24) is 14.9 Å². The van der Waals surface area contributed by atoms with Gasteiger partial charge in [0.15, 0.2) is 0 Å². The maximum atomic E-state index is 6.21. The molecule has 2 N–H and O–H groups in total. The first-order valence-corrected chi connectivity index (χ1v) is 10.6. The molecule has 0 saturated carbocycles. The zero-order chi connectivity index (χ0) is 21.1. The molecule has 154 valence electrons. The van der Waals surface area contributed by atoms with Gasteiger partial charge in [0, 0.05) is 59.4 Å². The van der Waals surface area contributed by atoms with Crippen molar-refractivity contribution in [2.45, 2.75) is 0 Å². The van der Waals surface area contributed by atoms with Gasteiger partial charge < -0.3 is 15.5 Å². The summed E-state index contributed by atoms with van der Waals surface area (Å²) in [6.07, 6.45) is 3.65. The molecule has 0 unspecified atom stereocenters. The number of hydrogen-bond donors (Lipinski definition) is 1. The van der Waals surface area contributed by atoms with Crippen LogP contribution in [0.1, 0.15) is 0 Å². The Morgan fingerprint density at radius 3 is 1.80 bits per heavy atom. The Bertz CT molecular complexity index is 1100. The third-order valence-corrected chi connectivity index (χ3v) is 5.63. The van der Waals surface area contributed by atoms with E-state index < -0.39 is 0 Å². The summed E-state index contributed by atoms with van der Waals surface area (Å²) in [5.41, 5.74) is 9.60. The second-order valence-electron chi connectivity index (χ2n) is 7.23. The van der Waals surface area contributed by atoms with Crippen LogP contribution in [0.2, 0.25) is 10.0 Å². The number of fused-ring (bicyclic) bond motifs is 2. The van der Waals surface area contributed by atoms with E-state index in [0.717, 1.165) is 52.8 Å². The molecule has 4 aromatic rings. The van der Waals surface area contributed by atoms with Gasteiger partial charge in [-0.05, 0) is 55.6 Å². The number of nitrogens with zero attached hydrogens (tertiary/aromatic N) is 4. The van der Waals surface area contributed by atoms with Gasteiger partial charge in [0.05, 0.1) is 22.4 Å². The van der Waals surface area contributed by atoms with Crippen molar-refractivity contribution in [3.05, 3.63) is 71.0 Å². The van der Waals surface area contributed by atoms with E-state index in [1.807, 2.05) is 60.9 Å². The first-order valence-electron chi connectivity index (χ1n) is 9.81. The fourth-order valence-corrected chi connectivity index (χ4v) is 3.99. The molecular weight excluding hydrogens is 417 g/mol. The van der Waals surface area contributed by atoms with Crippen molar-refractivity contribution in [2.75, 3.05) is 38.1 Å².